The van der Waals surface area contributed by atoms with E-state index in [1.54, 1.807) is 17.0 Å². The van der Waals surface area contributed by atoms with Crippen molar-refractivity contribution >= 4 is 11.9 Å². The standard InChI is InChI=1S/C20H26F2N2O4/c1-2-27-19(26)14-7-5-8-16(14)23-10-12-24(13-11-23)18(25)15-6-3-4-9-17(15)28-20(21)22/h3-4,6,9,14,16,20H,2,5,7-8,10-13H2,1H3/t14-,16-/m0/s1. The van der Waals surface area contributed by atoms with E-state index in [0.717, 1.165) is 19.3 Å². The molecule has 28 heavy (non-hydrogen) atoms. The molecule has 0 aromatic heterocycles. The van der Waals surface area contributed by atoms with Crippen LogP contribution < -0.4 is 4.74 Å². The first kappa shape index (κ1) is 20.5. The van der Waals surface area contributed by atoms with Gasteiger partial charge in [-0.2, -0.15) is 8.78 Å². The summed E-state index contributed by atoms with van der Waals surface area (Å²) in [7, 11) is 0. The lowest BCUT2D eigenvalue weighted by Crippen LogP contribution is -2.53. The largest absolute Gasteiger partial charge is 0.466 e. The molecular formula is C20H26F2N2O4. The van der Waals surface area contributed by atoms with Crippen LogP contribution >= 0.6 is 0 Å². The Morgan fingerprint density at radius 1 is 1.14 bits per heavy atom. The van der Waals surface area contributed by atoms with Crippen LogP contribution in [0.1, 0.15) is 36.5 Å². The summed E-state index contributed by atoms with van der Waals surface area (Å²) in [6.45, 7) is 1.45. The fourth-order valence-electron chi connectivity index (χ4n) is 4.17. The summed E-state index contributed by atoms with van der Waals surface area (Å²) >= 11 is 0. The molecule has 1 aliphatic heterocycles. The second-order valence-electron chi connectivity index (χ2n) is 7.06. The van der Waals surface area contributed by atoms with E-state index < -0.39 is 6.61 Å². The first-order chi connectivity index (χ1) is 13.5. The summed E-state index contributed by atoms with van der Waals surface area (Å²) in [4.78, 5) is 28.9. The molecule has 2 atom stereocenters. The molecule has 8 heteroatoms. The van der Waals surface area contributed by atoms with Crippen LogP contribution in [0.15, 0.2) is 24.3 Å². The third kappa shape index (κ3) is 4.60. The molecule has 0 bridgehead atoms. The Kier molecular flexibility index (Phi) is 6.83. The summed E-state index contributed by atoms with van der Waals surface area (Å²) in [5, 5.41) is 0. The zero-order valence-corrected chi connectivity index (χ0v) is 16.0. The highest BCUT2D eigenvalue weighted by molar-refractivity contribution is 5.97. The van der Waals surface area contributed by atoms with Gasteiger partial charge in [0.05, 0.1) is 18.1 Å². The molecule has 1 heterocycles. The van der Waals surface area contributed by atoms with Crippen LogP contribution in [0.2, 0.25) is 0 Å². The molecule has 1 amide bonds. The first-order valence-electron chi connectivity index (χ1n) is 9.75. The molecule has 3 rings (SSSR count). The van der Waals surface area contributed by atoms with Crippen LogP contribution in [0.5, 0.6) is 5.75 Å². The second-order valence-corrected chi connectivity index (χ2v) is 7.06. The van der Waals surface area contributed by atoms with Gasteiger partial charge in [0.25, 0.3) is 5.91 Å². The molecule has 2 fully saturated rings. The number of hydrogen-bond acceptors (Lipinski definition) is 5. The van der Waals surface area contributed by atoms with Gasteiger partial charge in [0, 0.05) is 32.2 Å². The predicted octanol–water partition coefficient (Wildman–Crippen LogP) is 2.78. The Bertz CT molecular complexity index is 693. The van der Waals surface area contributed by atoms with E-state index in [9.17, 15) is 18.4 Å². The van der Waals surface area contributed by atoms with Crippen molar-refractivity contribution in [2.24, 2.45) is 5.92 Å². The van der Waals surface area contributed by atoms with Gasteiger partial charge in [-0.1, -0.05) is 18.6 Å². The van der Waals surface area contributed by atoms with E-state index in [1.807, 2.05) is 6.92 Å². The number of alkyl halides is 2. The maximum Gasteiger partial charge on any atom is 0.387 e. The van der Waals surface area contributed by atoms with Crippen LogP contribution in [0, 0.1) is 5.92 Å². The SMILES string of the molecule is CCOC(=O)[C@H]1CCC[C@@H]1N1CCN(C(=O)c2ccccc2OC(F)F)CC1. The smallest absolute Gasteiger partial charge is 0.387 e. The van der Waals surface area contributed by atoms with E-state index in [-0.39, 0.29) is 35.1 Å². The van der Waals surface area contributed by atoms with E-state index >= 15 is 0 Å². The number of para-hydroxylation sites is 1. The number of amides is 1. The first-order valence-corrected chi connectivity index (χ1v) is 9.75. The highest BCUT2D eigenvalue weighted by atomic mass is 19.3. The maximum atomic E-state index is 12.8. The van der Waals surface area contributed by atoms with Gasteiger partial charge < -0.3 is 14.4 Å². The van der Waals surface area contributed by atoms with E-state index in [4.69, 9.17) is 4.74 Å². The number of hydrogen-bond donors (Lipinski definition) is 0. The number of esters is 1. The van der Waals surface area contributed by atoms with Crippen molar-refractivity contribution in [1.82, 2.24) is 9.80 Å². The average molecular weight is 396 g/mol. The Morgan fingerprint density at radius 3 is 2.54 bits per heavy atom. The van der Waals surface area contributed by atoms with Gasteiger partial charge in [-0.15, -0.1) is 0 Å². The van der Waals surface area contributed by atoms with E-state index in [0.29, 0.717) is 32.8 Å². The Balaban J connectivity index is 1.61. The Labute approximate surface area is 163 Å². The van der Waals surface area contributed by atoms with Crippen molar-refractivity contribution in [3.63, 3.8) is 0 Å². The van der Waals surface area contributed by atoms with Gasteiger partial charge in [0.15, 0.2) is 0 Å². The average Bonchev–Trinajstić information content (AvgIpc) is 3.18. The van der Waals surface area contributed by atoms with Crippen molar-refractivity contribution in [2.45, 2.75) is 38.8 Å². The molecule has 0 radical (unpaired) electrons. The van der Waals surface area contributed by atoms with Crippen molar-refractivity contribution in [1.29, 1.82) is 0 Å². The third-order valence-corrected chi connectivity index (χ3v) is 5.47. The number of ether oxygens (including phenoxy) is 2. The summed E-state index contributed by atoms with van der Waals surface area (Å²) < 4.78 is 34.9. The van der Waals surface area contributed by atoms with E-state index in [2.05, 4.69) is 9.64 Å². The fraction of sp³-hybridized carbons (Fsp3) is 0.600. The Morgan fingerprint density at radius 2 is 1.86 bits per heavy atom. The number of carbonyl (C=O) groups excluding carboxylic acids is 2. The number of rotatable bonds is 6. The summed E-state index contributed by atoms with van der Waals surface area (Å²) in [6, 6.07) is 6.20. The summed E-state index contributed by atoms with van der Waals surface area (Å²) in [6.07, 6.45) is 2.77. The van der Waals surface area contributed by atoms with Gasteiger partial charge in [0.2, 0.25) is 0 Å². The topological polar surface area (TPSA) is 59.1 Å². The number of halogens is 2. The lowest BCUT2D eigenvalue weighted by molar-refractivity contribution is -0.150. The molecule has 1 aromatic carbocycles. The Hall–Kier alpha value is -2.22. The van der Waals surface area contributed by atoms with Gasteiger partial charge in [0.1, 0.15) is 5.75 Å². The monoisotopic (exact) mass is 396 g/mol. The van der Waals surface area contributed by atoms with Crippen LogP contribution in [-0.2, 0) is 9.53 Å². The van der Waals surface area contributed by atoms with Gasteiger partial charge >= 0.3 is 12.6 Å². The van der Waals surface area contributed by atoms with Crippen molar-refractivity contribution in [3.05, 3.63) is 29.8 Å². The number of benzene rings is 1. The molecule has 0 N–H and O–H groups in total. The highest BCUT2D eigenvalue weighted by Crippen LogP contribution is 2.32. The minimum atomic E-state index is -2.98. The molecule has 1 saturated carbocycles. The molecule has 6 nitrogen and oxygen atoms in total. The third-order valence-electron chi connectivity index (χ3n) is 5.47. The summed E-state index contributed by atoms with van der Waals surface area (Å²) in [5.41, 5.74) is 0.140. The van der Waals surface area contributed by atoms with Crippen LogP contribution in [0.3, 0.4) is 0 Å². The normalized spacial score (nSPS) is 23.1. The quantitative estimate of drug-likeness (QED) is 0.692. The van der Waals surface area contributed by atoms with Gasteiger partial charge in [-0.05, 0) is 31.9 Å². The molecule has 1 aromatic rings. The second kappa shape index (κ2) is 9.32. The van der Waals surface area contributed by atoms with Crippen LogP contribution in [0.4, 0.5) is 8.78 Å². The minimum Gasteiger partial charge on any atom is -0.466 e. The molecule has 1 saturated heterocycles. The van der Waals surface area contributed by atoms with E-state index in [1.165, 1.54) is 12.1 Å². The fourth-order valence-corrected chi connectivity index (χ4v) is 4.17. The van der Waals surface area contributed by atoms with Gasteiger partial charge in [-0.3, -0.25) is 14.5 Å². The van der Waals surface area contributed by atoms with Crippen LogP contribution in [0.25, 0.3) is 0 Å². The number of carbonyl (C=O) groups is 2. The van der Waals surface area contributed by atoms with Crippen molar-refractivity contribution < 1.29 is 27.8 Å². The molecule has 154 valence electrons. The lowest BCUT2D eigenvalue weighted by Gasteiger charge is -2.39. The summed E-state index contributed by atoms with van der Waals surface area (Å²) in [5.74, 6) is -0.670. The molecule has 0 spiro atoms. The molecular weight excluding hydrogens is 370 g/mol. The molecule has 1 aliphatic carbocycles. The molecule has 0 unspecified atom stereocenters. The molecule has 2 aliphatic rings. The number of piperazine rings is 1. The van der Waals surface area contributed by atoms with Crippen LogP contribution in [-0.4, -0.2) is 67.1 Å². The zero-order chi connectivity index (χ0) is 20.1. The lowest BCUT2D eigenvalue weighted by atomic mass is 10.0. The zero-order valence-electron chi connectivity index (χ0n) is 16.0. The number of nitrogens with zero attached hydrogens (tertiary/aromatic N) is 2. The van der Waals surface area contributed by atoms with Crippen molar-refractivity contribution in [3.8, 4) is 5.75 Å². The minimum absolute atomic E-state index is 0.108. The highest BCUT2D eigenvalue weighted by Gasteiger charge is 2.39. The maximum absolute atomic E-state index is 12.8. The van der Waals surface area contributed by atoms with Crippen molar-refractivity contribution in [2.75, 3.05) is 32.8 Å². The van der Waals surface area contributed by atoms with Gasteiger partial charge in [-0.25, -0.2) is 0 Å². The predicted molar refractivity (Wildman–Crippen MR) is 98.3 cm³/mol.